The summed E-state index contributed by atoms with van der Waals surface area (Å²) in [6, 6.07) is 6.12. The quantitative estimate of drug-likeness (QED) is 0.816. The van der Waals surface area contributed by atoms with Crippen molar-refractivity contribution in [3.8, 4) is 11.3 Å². The molecule has 1 aliphatic carbocycles. The molecule has 1 heterocycles. The van der Waals surface area contributed by atoms with Gasteiger partial charge >= 0.3 is 0 Å². The predicted octanol–water partition coefficient (Wildman–Crippen LogP) is 4.02. The molecule has 4 nitrogen and oxygen atoms in total. The molecule has 0 amide bonds. The van der Waals surface area contributed by atoms with Crippen LogP contribution in [0.4, 0.5) is 5.69 Å². The van der Waals surface area contributed by atoms with Gasteiger partial charge in [0.1, 0.15) is 0 Å². The molecule has 118 valence electrons. The summed E-state index contributed by atoms with van der Waals surface area (Å²) in [5.41, 5.74) is 10.3. The van der Waals surface area contributed by atoms with Crippen molar-refractivity contribution in [3.63, 3.8) is 0 Å². The van der Waals surface area contributed by atoms with E-state index in [1.807, 2.05) is 25.3 Å². The largest absolute Gasteiger partial charge is 0.398 e. The van der Waals surface area contributed by atoms with E-state index >= 15 is 0 Å². The van der Waals surface area contributed by atoms with Gasteiger partial charge in [0.15, 0.2) is 0 Å². The van der Waals surface area contributed by atoms with Gasteiger partial charge in [-0.05, 0) is 56.4 Å². The van der Waals surface area contributed by atoms with Gasteiger partial charge in [-0.1, -0.05) is 15.9 Å². The highest BCUT2D eigenvalue weighted by atomic mass is 79.9. The van der Waals surface area contributed by atoms with Crippen LogP contribution in [0.3, 0.4) is 0 Å². The first kappa shape index (κ1) is 15.6. The van der Waals surface area contributed by atoms with Crippen LogP contribution in [0.5, 0.6) is 0 Å². The highest BCUT2D eigenvalue weighted by Crippen LogP contribution is 2.35. The highest BCUT2D eigenvalue weighted by Gasteiger charge is 2.30. The molecular formula is C17H22BrN3O. The summed E-state index contributed by atoms with van der Waals surface area (Å²) in [7, 11) is 0. The average Bonchev–Trinajstić information content (AvgIpc) is 2.88. The maximum absolute atomic E-state index is 6.21. The Morgan fingerprint density at radius 3 is 2.91 bits per heavy atom. The van der Waals surface area contributed by atoms with E-state index in [2.05, 4.69) is 38.7 Å². The molecule has 0 atom stereocenters. The van der Waals surface area contributed by atoms with Gasteiger partial charge in [0.25, 0.3) is 0 Å². The number of aryl methyl sites for hydroxylation is 1. The van der Waals surface area contributed by atoms with Crippen LogP contribution >= 0.6 is 15.9 Å². The van der Waals surface area contributed by atoms with E-state index < -0.39 is 0 Å². The second-order valence-electron chi connectivity index (χ2n) is 6.00. The first-order chi connectivity index (χ1) is 10.6. The second-order valence-corrected chi connectivity index (χ2v) is 6.86. The Hall–Kier alpha value is -1.33. The molecule has 0 unspecified atom stereocenters. The first-order valence-electron chi connectivity index (χ1n) is 7.78. The number of aromatic nitrogens is 2. The normalized spacial score (nSPS) is 20.9. The van der Waals surface area contributed by atoms with Crippen molar-refractivity contribution < 1.29 is 4.74 Å². The lowest BCUT2D eigenvalue weighted by atomic mass is 9.82. The lowest BCUT2D eigenvalue weighted by molar-refractivity contribution is -0.0295. The summed E-state index contributed by atoms with van der Waals surface area (Å²) >= 11 is 3.59. The van der Waals surface area contributed by atoms with Gasteiger partial charge in [-0.2, -0.15) is 5.10 Å². The van der Waals surface area contributed by atoms with E-state index in [9.17, 15) is 0 Å². The fraction of sp³-hybridized carbons (Fsp3) is 0.471. The molecule has 3 rings (SSSR count). The third-order valence-electron chi connectivity index (χ3n) is 4.35. The Bertz CT molecular complexity index is 662. The number of benzene rings is 1. The number of hydrogen-bond acceptors (Lipinski definition) is 3. The Kier molecular flexibility index (Phi) is 4.54. The summed E-state index contributed by atoms with van der Waals surface area (Å²) in [5, 5.41) is 4.48. The molecule has 0 spiro atoms. The zero-order chi connectivity index (χ0) is 15.7. The minimum absolute atomic E-state index is 0.438. The summed E-state index contributed by atoms with van der Waals surface area (Å²) in [5.74, 6) is 0.644. The number of halogens is 1. The molecule has 1 fully saturated rings. The third kappa shape index (κ3) is 3.06. The number of nitrogens with zero attached hydrogens (tertiary/aromatic N) is 2. The molecule has 1 saturated carbocycles. The molecule has 0 radical (unpaired) electrons. The zero-order valence-electron chi connectivity index (χ0n) is 13.1. The molecule has 2 aromatic rings. The van der Waals surface area contributed by atoms with Gasteiger partial charge < -0.3 is 10.5 Å². The van der Waals surface area contributed by atoms with E-state index in [0.29, 0.717) is 12.0 Å². The lowest BCUT2D eigenvalue weighted by Crippen LogP contribution is -2.34. The number of ether oxygens (including phenoxy) is 1. The molecule has 1 aliphatic rings. The van der Waals surface area contributed by atoms with Crippen LogP contribution in [0.25, 0.3) is 11.3 Å². The Morgan fingerprint density at radius 1 is 1.41 bits per heavy atom. The van der Waals surface area contributed by atoms with E-state index in [-0.39, 0.29) is 0 Å². The molecule has 0 aliphatic heterocycles. The molecule has 0 bridgehead atoms. The van der Waals surface area contributed by atoms with E-state index in [1.54, 1.807) is 0 Å². The zero-order valence-corrected chi connectivity index (χ0v) is 14.6. The van der Waals surface area contributed by atoms with Crippen LogP contribution in [0.15, 0.2) is 28.9 Å². The summed E-state index contributed by atoms with van der Waals surface area (Å²) in [4.78, 5) is 0. The molecular weight excluding hydrogens is 342 g/mol. The molecule has 2 N–H and O–H groups in total. The maximum Gasteiger partial charge on any atom is 0.0703 e. The molecule has 5 heteroatoms. The van der Waals surface area contributed by atoms with E-state index in [1.165, 1.54) is 0 Å². The topological polar surface area (TPSA) is 53.1 Å². The van der Waals surface area contributed by atoms with Crippen molar-refractivity contribution in [2.45, 2.75) is 39.3 Å². The van der Waals surface area contributed by atoms with Crippen LogP contribution in [0.1, 0.15) is 25.3 Å². The van der Waals surface area contributed by atoms with Crippen LogP contribution in [0.2, 0.25) is 0 Å². The molecule has 1 aromatic heterocycles. The van der Waals surface area contributed by atoms with Gasteiger partial charge in [0.2, 0.25) is 0 Å². The Balaban J connectivity index is 1.77. The predicted molar refractivity (Wildman–Crippen MR) is 92.7 cm³/mol. The third-order valence-corrected chi connectivity index (χ3v) is 5.20. The number of hydrogen-bond donors (Lipinski definition) is 1. The van der Waals surface area contributed by atoms with Gasteiger partial charge in [0.05, 0.1) is 11.8 Å². The highest BCUT2D eigenvalue weighted by molar-refractivity contribution is 9.10. The first-order valence-corrected chi connectivity index (χ1v) is 8.57. The number of nitrogen functional groups attached to an aromatic ring is 1. The minimum atomic E-state index is 0.438. The standard InChI is InChI=1S/C17H22BrN3O/c1-3-22-13-7-12(8-13)10-21-17(4-5-20-21)14-9-15(18)11(2)6-16(14)19/h4-6,9,12-13H,3,7-8,10,19H2,1-2H3. The summed E-state index contributed by atoms with van der Waals surface area (Å²) in [6.45, 7) is 5.83. The van der Waals surface area contributed by atoms with E-state index in [4.69, 9.17) is 10.5 Å². The fourth-order valence-electron chi connectivity index (χ4n) is 3.07. The van der Waals surface area contributed by atoms with Gasteiger partial charge in [0, 0.05) is 35.1 Å². The van der Waals surface area contributed by atoms with Crippen molar-refractivity contribution in [1.29, 1.82) is 0 Å². The van der Waals surface area contributed by atoms with Crippen molar-refractivity contribution in [2.24, 2.45) is 5.92 Å². The van der Waals surface area contributed by atoms with Crippen LogP contribution < -0.4 is 5.73 Å². The Labute approximate surface area is 139 Å². The van der Waals surface area contributed by atoms with Gasteiger partial charge in [-0.15, -0.1) is 0 Å². The summed E-state index contributed by atoms with van der Waals surface area (Å²) in [6.07, 6.45) is 4.54. The van der Waals surface area contributed by atoms with Crippen molar-refractivity contribution in [2.75, 3.05) is 12.3 Å². The fourth-order valence-corrected chi connectivity index (χ4v) is 3.42. The van der Waals surface area contributed by atoms with Crippen LogP contribution in [-0.2, 0) is 11.3 Å². The van der Waals surface area contributed by atoms with E-state index in [0.717, 1.165) is 53.0 Å². The smallest absolute Gasteiger partial charge is 0.0703 e. The van der Waals surface area contributed by atoms with Crippen molar-refractivity contribution in [3.05, 3.63) is 34.4 Å². The van der Waals surface area contributed by atoms with Crippen LogP contribution in [0, 0.1) is 12.8 Å². The molecule has 0 saturated heterocycles. The van der Waals surface area contributed by atoms with Crippen LogP contribution in [-0.4, -0.2) is 22.5 Å². The molecule has 22 heavy (non-hydrogen) atoms. The van der Waals surface area contributed by atoms with Gasteiger partial charge in [-0.3, -0.25) is 4.68 Å². The summed E-state index contributed by atoms with van der Waals surface area (Å²) < 4.78 is 8.78. The number of rotatable bonds is 5. The van der Waals surface area contributed by atoms with Crippen molar-refractivity contribution >= 4 is 21.6 Å². The number of anilines is 1. The maximum atomic E-state index is 6.21. The second kappa shape index (κ2) is 6.42. The monoisotopic (exact) mass is 363 g/mol. The SMILES string of the molecule is CCOC1CC(Cn2nccc2-c2cc(Br)c(C)cc2N)C1. The minimum Gasteiger partial charge on any atom is -0.398 e. The average molecular weight is 364 g/mol. The Morgan fingerprint density at radius 2 is 2.18 bits per heavy atom. The van der Waals surface area contributed by atoms with Gasteiger partial charge in [-0.25, -0.2) is 0 Å². The van der Waals surface area contributed by atoms with Crippen molar-refractivity contribution in [1.82, 2.24) is 9.78 Å². The number of nitrogens with two attached hydrogens (primary N) is 1. The molecule has 1 aromatic carbocycles. The lowest BCUT2D eigenvalue weighted by Gasteiger charge is -2.35.